The van der Waals surface area contributed by atoms with Gasteiger partial charge in [0, 0.05) is 13.0 Å². The second kappa shape index (κ2) is 9.47. The molecule has 132 valence electrons. The highest BCUT2D eigenvalue weighted by Crippen LogP contribution is 2.14. The van der Waals surface area contributed by atoms with Gasteiger partial charge in [-0.25, -0.2) is 0 Å². The van der Waals surface area contributed by atoms with Crippen LogP contribution in [0.2, 0.25) is 0 Å². The first-order valence-corrected chi connectivity index (χ1v) is 8.25. The quantitative estimate of drug-likeness (QED) is 0.735. The zero-order valence-corrected chi connectivity index (χ0v) is 14.3. The molecule has 2 aromatic carbocycles. The first-order chi connectivity index (χ1) is 12.1. The number of aryl methyl sites for hydroxylation is 1. The standard InChI is InChI=1S/C20H23NO4/c1-25-18-9-5-8-16(13-18)10-11-19(22)21-14-17(20(23)24)12-15-6-3-2-4-7-15/h2-9,13,17H,10-12,14H2,1H3,(H,21,22)(H,23,24). The maximum atomic E-state index is 12.0. The van der Waals surface area contributed by atoms with Gasteiger partial charge in [-0.3, -0.25) is 9.59 Å². The maximum absolute atomic E-state index is 12.0. The molecule has 5 nitrogen and oxygen atoms in total. The fourth-order valence-corrected chi connectivity index (χ4v) is 2.56. The van der Waals surface area contributed by atoms with Crippen LogP contribution in [-0.4, -0.2) is 30.6 Å². The molecule has 2 N–H and O–H groups in total. The highest BCUT2D eigenvalue weighted by atomic mass is 16.5. The third-order valence-corrected chi connectivity index (χ3v) is 3.99. The van der Waals surface area contributed by atoms with Crippen molar-refractivity contribution in [1.82, 2.24) is 5.32 Å². The number of aliphatic carboxylic acids is 1. The van der Waals surface area contributed by atoms with Crippen LogP contribution in [0.25, 0.3) is 0 Å². The minimum absolute atomic E-state index is 0.126. The molecule has 1 atom stereocenters. The Labute approximate surface area is 147 Å². The van der Waals surface area contributed by atoms with Crippen molar-refractivity contribution in [3.05, 3.63) is 65.7 Å². The van der Waals surface area contributed by atoms with Crippen molar-refractivity contribution in [2.45, 2.75) is 19.3 Å². The van der Waals surface area contributed by atoms with E-state index in [2.05, 4.69) is 5.32 Å². The van der Waals surface area contributed by atoms with Crippen LogP contribution in [0.5, 0.6) is 5.75 Å². The third-order valence-electron chi connectivity index (χ3n) is 3.99. The van der Waals surface area contributed by atoms with Gasteiger partial charge in [0.2, 0.25) is 5.91 Å². The van der Waals surface area contributed by atoms with Gasteiger partial charge in [-0.15, -0.1) is 0 Å². The zero-order chi connectivity index (χ0) is 18.1. The van der Waals surface area contributed by atoms with E-state index in [0.717, 1.165) is 16.9 Å². The molecule has 0 saturated carbocycles. The van der Waals surface area contributed by atoms with E-state index in [-0.39, 0.29) is 12.5 Å². The lowest BCUT2D eigenvalue weighted by molar-refractivity contribution is -0.141. The molecule has 0 radical (unpaired) electrons. The summed E-state index contributed by atoms with van der Waals surface area (Å²) in [4.78, 5) is 23.4. The number of carboxylic acids is 1. The van der Waals surface area contributed by atoms with Crippen LogP contribution in [0.4, 0.5) is 0 Å². The second-order valence-corrected chi connectivity index (χ2v) is 5.88. The van der Waals surface area contributed by atoms with Gasteiger partial charge in [0.05, 0.1) is 13.0 Å². The Kier molecular flexibility index (Phi) is 7.01. The van der Waals surface area contributed by atoms with Crippen molar-refractivity contribution in [2.24, 2.45) is 5.92 Å². The van der Waals surface area contributed by atoms with E-state index in [1.165, 1.54) is 0 Å². The van der Waals surface area contributed by atoms with E-state index in [4.69, 9.17) is 4.74 Å². The number of nitrogens with one attached hydrogen (secondary N) is 1. The van der Waals surface area contributed by atoms with Gasteiger partial charge < -0.3 is 15.2 Å². The number of carbonyl (C=O) groups excluding carboxylic acids is 1. The van der Waals surface area contributed by atoms with Crippen LogP contribution >= 0.6 is 0 Å². The summed E-state index contributed by atoms with van der Waals surface area (Å²) in [5.41, 5.74) is 1.95. The summed E-state index contributed by atoms with van der Waals surface area (Å²) in [6.45, 7) is 0.126. The highest BCUT2D eigenvalue weighted by Gasteiger charge is 2.18. The Bertz CT molecular complexity index is 700. The minimum atomic E-state index is -0.906. The van der Waals surface area contributed by atoms with Crippen molar-refractivity contribution < 1.29 is 19.4 Å². The first kappa shape index (κ1) is 18.5. The number of methoxy groups -OCH3 is 1. The number of benzene rings is 2. The Morgan fingerprint density at radius 1 is 1.08 bits per heavy atom. The predicted molar refractivity (Wildman–Crippen MR) is 95.6 cm³/mol. The molecular formula is C20H23NO4. The largest absolute Gasteiger partial charge is 0.497 e. The van der Waals surface area contributed by atoms with Crippen molar-refractivity contribution in [1.29, 1.82) is 0 Å². The molecule has 0 saturated heterocycles. The highest BCUT2D eigenvalue weighted by molar-refractivity contribution is 5.77. The van der Waals surface area contributed by atoms with Crippen molar-refractivity contribution in [3.63, 3.8) is 0 Å². The van der Waals surface area contributed by atoms with Gasteiger partial charge in [0.15, 0.2) is 0 Å². The predicted octanol–water partition coefficient (Wildman–Crippen LogP) is 2.69. The number of hydrogen-bond acceptors (Lipinski definition) is 3. The summed E-state index contributed by atoms with van der Waals surface area (Å²) < 4.78 is 5.16. The monoisotopic (exact) mass is 341 g/mol. The Morgan fingerprint density at radius 2 is 1.80 bits per heavy atom. The van der Waals surface area contributed by atoms with Crippen LogP contribution in [0, 0.1) is 5.92 Å². The molecule has 0 spiro atoms. The molecule has 25 heavy (non-hydrogen) atoms. The number of rotatable bonds is 9. The summed E-state index contributed by atoms with van der Waals surface area (Å²) in [6.07, 6.45) is 1.29. The van der Waals surface area contributed by atoms with Gasteiger partial charge >= 0.3 is 5.97 Å². The fourth-order valence-electron chi connectivity index (χ4n) is 2.56. The lowest BCUT2D eigenvalue weighted by atomic mass is 9.99. The number of ether oxygens (including phenoxy) is 1. The number of carboxylic acid groups (broad SMARTS) is 1. The Morgan fingerprint density at radius 3 is 2.48 bits per heavy atom. The van der Waals surface area contributed by atoms with Crippen LogP contribution in [0.1, 0.15) is 17.5 Å². The van der Waals surface area contributed by atoms with E-state index in [0.29, 0.717) is 19.3 Å². The van der Waals surface area contributed by atoms with Crippen LogP contribution < -0.4 is 10.1 Å². The molecule has 0 heterocycles. The van der Waals surface area contributed by atoms with Crippen LogP contribution in [0.15, 0.2) is 54.6 Å². The lowest BCUT2D eigenvalue weighted by Gasteiger charge is -2.13. The average molecular weight is 341 g/mol. The number of amides is 1. The number of hydrogen-bond donors (Lipinski definition) is 2. The molecule has 0 aromatic heterocycles. The van der Waals surface area contributed by atoms with E-state index < -0.39 is 11.9 Å². The van der Waals surface area contributed by atoms with Crippen molar-refractivity contribution in [2.75, 3.05) is 13.7 Å². The van der Waals surface area contributed by atoms with E-state index in [1.54, 1.807) is 7.11 Å². The fraction of sp³-hybridized carbons (Fsp3) is 0.300. The minimum Gasteiger partial charge on any atom is -0.497 e. The van der Waals surface area contributed by atoms with Crippen molar-refractivity contribution in [3.8, 4) is 5.75 Å². The summed E-state index contributed by atoms with van der Waals surface area (Å²) >= 11 is 0. The van der Waals surface area contributed by atoms with Gasteiger partial charge in [-0.1, -0.05) is 42.5 Å². The van der Waals surface area contributed by atoms with Gasteiger partial charge in [0.1, 0.15) is 5.75 Å². The summed E-state index contributed by atoms with van der Waals surface area (Å²) in [7, 11) is 1.60. The van der Waals surface area contributed by atoms with E-state index in [1.807, 2.05) is 54.6 Å². The molecule has 0 aliphatic heterocycles. The second-order valence-electron chi connectivity index (χ2n) is 5.88. The molecule has 0 fully saturated rings. The summed E-state index contributed by atoms with van der Waals surface area (Å²) in [5.74, 6) is -0.936. The van der Waals surface area contributed by atoms with E-state index in [9.17, 15) is 14.7 Å². The molecular weight excluding hydrogens is 318 g/mol. The van der Waals surface area contributed by atoms with Crippen LogP contribution in [-0.2, 0) is 22.4 Å². The average Bonchev–Trinajstić information content (AvgIpc) is 2.64. The van der Waals surface area contributed by atoms with Gasteiger partial charge in [-0.05, 0) is 36.1 Å². The number of carbonyl (C=O) groups is 2. The zero-order valence-electron chi connectivity index (χ0n) is 14.3. The summed E-state index contributed by atoms with van der Waals surface area (Å²) in [6, 6.07) is 17.0. The first-order valence-electron chi connectivity index (χ1n) is 8.25. The smallest absolute Gasteiger partial charge is 0.308 e. The Hall–Kier alpha value is -2.82. The van der Waals surface area contributed by atoms with Gasteiger partial charge in [0.25, 0.3) is 0 Å². The van der Waals surface area contributed by atoms with E-state index >= 15 is 0 Å². The Balaban J connectivity index is 1.81. The molecule has 0 bridgehead atoms. The molecule has 1 unspecified atom stereocenters. The lowest BCUT2D eigenvalue weighted by Crippen LogP contribution is -2.34. The molecule has 0 aliphatic carbocycles. The molecule has 2 aromatic rings. The molecule has 0 aliphatic rings. The summed E-state index contributed by atoms with van der Waals surface area (Å²) in [5, 5.41) is 12.1. The van der Waals surface area contributed by atoms with Crippen LogP contribution in [0.3, 0.4) is 0 Å². The molecule has 2 rings (SSSR count). The maximum Gasteiger partial charge on any atom is 0.308 e. The SMILES string of the molecule is COc1cccc(CCC(=O)NCC(Cc2ccccc2)C(=O)O)c1. The van der Waals surface area contributed by atoms with Gasteiger partial charge in [-0.2, -0.15) is 0 Å². The normalized spacial score (nSPS) is 11.6. The third kappa shape index (κ3) is 6.30. The topological polar surface area (TPSA) is 75.6 Å². The molecule has 1 amide bonds. The van der Waals surface area contributed by atoms with Crippen molar-refractivity contribution >= 4 is 11.9 Å². The molecule has 5 heteroatoms.